The Morgan fingerprint density at radius 1 is 1.56 bits per heavy atom. The third-order valence-corrected chi connectivity index (χ3v) is 3.58. The molecule has 0 spiro atoms. The second-order valence-electron chi connectivity index (χ2n) is 4.07. The van der Waals surface area contributed by atoms with Crippen molar-refractivity contribution in [3.63, 3.8) is 0 Å². The molecule has 18 heavy (non-hydrogen) atoms. The maximum atomic E-state index is 11.0. The maximum absolute atomic E-state index is 11.0. The van der Waals surface area contributed by atoms with E-state index >= 15 is 0 Å². The van der Waals surface area contributed by atoms with Crippen molar-refractivity contribution in [3.8, 4) is 6.07 Å². The highest BCUT2D eigenvalue weighted by Crippen LogP contribution is 2.19. The van der Waals surface area contributed by atoms with E-state index in [4.69, 9.17) is 11.0 Å². The highest BCUT2D eigenvalue weighted by Gasteiger charge is 2.08. The highest BCUT2D eigenvalue weighted by molar-refractivity contribution is 7.84. The minimum absolute atomic E-state index is 0.432. The number of imidazole rings is 1. The van der Waals surface area contributed by atoms with Crippen LogP contribution in [0.1, 0.15) is 12.0 Å². The van der Waals surface area contributed by atoms with Crippen LogP contribution in [0.4, 0.5) is 5.95 Å². The molecular weight excluding hydrogens is 248 g/mol. The normalized spacial score (nSPS) is 12.4. The van der Waals surface area contributed by atoms with Crippen LogP contribution in [0.3, 0.4) is 0 Å². The van der Waals surface area contributed by atoms with Crippen molar-refractivity contribution in [1.82, 2.24) is 9.55 Å². The molecule has 0 aliphatic carbocycles. The zero-order valence-corrected chi connectivity index (χ0v) is 10.9. The molecular formula is C12H14N4OS. The van der Waals surface area contributed by atoms with Crippen LogP contribution >= 0.6 is 0 Å². The molecule has 0 aliphatic rings. The summed E-state index contributed by atoms with van der Waals surface area (Å²) in [5.41, 5.74) is 8.08. The van der Waals surface area contributed by atoms with Crippen molar-refractivity contribution in [2.75, 3.05) is 17.7 Å². The number of hydrogen-bond acceptors (Lipinski definition) is 4. The minimum atomic E-state index is -0.800. The van der Waals surface area contributed by atoms with Crippen molar-refractivity contribution < 1.29 is 4.21 Å². The molecule has 5 nitrogen and oxygen atoms in total. The number of benzene rings is 1. The van der Waals surface area contributed by atoms with Gasteiger partial charge in [0, 0.05) is 29.4 Å². The van der Waals surface area contributed by atoms with Crippen molar-refractivity contribution in [3.05, 3.63) is 23.8 Å². The number of aryl methyl sites for hydroxylation is 1. The number of rotatable bonds is 4. The third-order valence-electron chi connectivity index (χ3n) is 2.72. The van der Waals surface area contributed by atoms with Gasteiger partial charge in [-0.1, -0.05) is 0 Å². The molecule has 0 aliphatic heterocycles. The summed E-state index contributed by atoms with van der Waals surface area (Å²) in [5, 5.41) is 8.89. The van der Waals surface area contributed by atoms with Gasteiger partial charge in [-0.2, -0.15) is 5.26 Å². The summed E-state index contributed by atoms with van der Waals surface area (Å²) in [4.78, 5) is 4.24. The van der Waals surface area contributed by atoms with Gasteiger partial charge in [0.15, 0.2) is 0 Å². The summed E-state index contributed by atoms with van der Waals surface area (Å²) in [6.45, 7) is 0.663. The number of nitrogens with zero attached hydrogens (tertiary/aromatic N) is 3. The van der Waals surface area contributed by atoms with E-state index < -0.39 is 10.8 Å². The zero-order valence-electron chi connectivity index (χ0n) is 10.1. The van der Waals surface area contributed by atoms with E-state index in [0.29, 0.717) is 23.8 Å². The Labute approximate surface area is 108 Å². The highest BCUT2D eigenvalue weighted by atomic mass is 32.2. The molecule has 1 unspecified atom stereocenters. The topological polar surface area (TPSA) is 84.7 Å². The van der Waals surface area contributed by atoms with Crippen LogP contribution in [0.25, 0.3) is 11.0 Å². The van der Waals surface area contributed by atoms with Gasteiger partial charge in [-0.3, -0.25) is 4.21 Å². The number of nitriles is 1. The second-order valence-corrected chi connectivity index (χ2v) is 5.62. The second kappa shape index (κ2) is 5.19. The lowest BCUT2D eigenvalue weighted by molar-refractivity contribution is 0.671. The predicted octanol–water partition coefficient (Wildman–Crippen LogP) is 1.26. The molecule has 0 saturated carbocycles. The molecule has 94 valence electrons. The molecule has 1 heterocycles. The molecule has 0 bridgehead atoms. The number of hydrogen-bond donors (Lipinski definition) is 1. The Morgan fingerprint density at radius 2 is 2.33 bits per heavy atom. The Balaban J connectivity index is 2.33. The summed E-state index contributed by atoms with van der Waals surface area (Å²) >= 11 is 0. The number of fused-ring (bicyclic) bond motifs is 1. The van der Waals surface area contributed by atoms with Crippen LogP contribution in [0.15, 0.2) is 18.2 Å². The molecule has 1 aromatic carbocycles. The standard InChI is InChI=1S/C12H14N4OS/c1-18(17)6-2-5-16-11-7-9(8-13)3-4-10(11)15-12(16)14/h3-4,7H,2,5-6H2,1H3,(H2,14,15). The number of nitrogen functional groups attached to an aromatic ring is 1. The molecule has 0 fully saturated rings. The average molecular weight is 262 g/mol. The van der Waals surface area contributed by atoms with Crippen LogP contribution in [-0.4, -0.2) is 25.8 Å². The van der Waals surface area contributed by atoms with Crippen molar-refractivity contribution in [1.29, 1.82) is 5.26 Å². The van der Waals surface area contributed by atoms with E-state index in [1.165, 1.54) is 0 Å². The molecule has 2 aromatic rings. The van der Waals surface area contributed by atoms with Gasteiger partial charge in [-0.15, -0.1) is 0 Å². The molecule has 1 atom stereocenters. The molecule has 0 saturated heterocycles. The first-order valence-electron chi connectivity index (χ1n) is 5.57. The predicted molar refractivity (Wildman–Crippen MR) is 72.4 cm³/mol. The Bertz CT molecular complexity index is 641. The fraction of sp³-hybridized carbons (Fsp3) is 0.333. The fourth-order valence-electron chi connectivity index (χ4n) is 1.87. The molecule has 1 aromatic heterocycles. The van der Waals surface area contributed by atoms with Gasteiger partial charge in [0.2, 0.25) is 5.95 Å². The molecule has 0 amide bonds. The first-order chi connectivity index (χ1) is 8.61. The van der Waals surface area contributed by atoms with Gasteiger partial charge >= 0.3 is 0 Å². The summed E-state index contributed by atoms with van der Waals surface area (Å²) < 4.78 is 12.9. The summed E-state index contributed by atoms with van der Waals surface area (Å²) in [7, 11) is -0.800. The van der Waals surface area contributed by atoms with Gasteiger partial charge in [0.1, 0.15) is 0 Å². The average Bonchev–Trinajstić information content (AvgIpc) is 2.64. The monoisotopic (exact) mass is 262 g/mol. The van der Waals surface area contributed by atoms with Crippen LogP contribution in [0, 0.1) is 11.3 Å². The Morgan fingerprint density at radius 3 is 3.00 bits per heavy atom. The van der Waals surface area contributed by atoms with E-state index in [1.54, 1.807) is 24.5 Å². The fourth-order valence-corrected chi connectivity index (χ4v) is 2.41. The lowest BCUT2D eigenvalue weighted by Gasteiger charge is -2.05. The van der Waals surface area contributed by atoms with Crippen molar-refractivity contribution in [2.45, 2.75) is 13.0 Å². The van der Waals surface area contributed by atoms with Crippen molar-refractivity contribution in [2.24, 2.45) is 0 Å². The third kappa shape index (κ3) is 2.51. The molecule has 2 rings (SSSR count). The number of anilines is 1. The van der Waals surface area contributed by atoms with Crippen LogP contribution in [-0.2, 0) is 17.3 Å². The zero-order chi connectivity index (χ0) is 13.1. The van der Waals surface area contributed by atoms with E-state index in [0.717, 1.165) is 17.5 Å². The lowest BCUT2D eigenvalue weighted by atomic mass is 10.2. The van der Waals surface area contributed by atoms with Crippen LogP contribution in [0.5, 0.6) is 0 Å². The summed E-state index contributed by atoms with van der Waals surface area (Å²) in [6.07, 6.45) is 2.46. The van der Waals surface area contributed by atoms with E-state index in [2.05, 4.69) is 11.1 Å². The number of nitrogens with two attached hydrogens (primary N) is 1. The molecule has 2 N–H and O–H groups in total. The van der Waals surface area contributed by atoms with E-state index in [-0.39, 0.29) is 0 Å². The van der Waals surface area contributed by atoms with Crippen LogP contribution in [0.2, 0.25) is 0 Å². The van der Waals surface area contributed by atoms with E-state index in [1.807, 2.05) is 4.57 Å². The SMILES string of the molecule is CS(=O)CCCn1c(N)nc2ccc(C#N)cc21. The van der Waals surface area contributed by atoms with Gasteiger partial charge in [0.25, 0.3) is 0 Å². The molecule has 0 radical (unpaired) electrons. The van der Waals surface area contributed by atoms with Crippen LogP contribution < -0.4 is 5.73 Å². The van der Waals surface area contributed by atoms with E-state index in [9.17, 15) is 4.21 Å². The van der Waals surface area contributed by atoms with Crippen molar-refractivity contribution >= 4 is 27.8 Å². The maximum Gasteiger partial charge on any atom is 0.201 e. The van der Waals surface area contributed by atoms with Gasteiger partial charge < -0.3 is 10.3 Å². The first-order valence-corrected chi connectivity index (χ1v) is 7.30. The molecule has 6 heteroatoms. The summed E-state index contributed by atoms with van der Waals surface area (Å²) in [5.74, 6) is 1.07. The lowest BCUT2D eigenvalue weighted by Crippen LogP contribution is -2.06. The Kier molecular flexibility index (Phi) is 3.63. The Hall–Kier alpha value is -1.87. The van der Waals surface area contributed by atoms with Gasteiger partial charge in [0.05, 0.1) is 22.7 Å². The number of aromatic nitrogens is 2. The van der Waals surface area contributed by atoms with Gasteiger partial charge in [-0.05, 0) is 24.6 Å². The minimum Gasteiger partial charge on any atom is -0.369 e. The largest absolute Gasteiger partial charge is 0.369 e. The smallest absolute Gasteiger partial charge is 0.201 e. The quantitative estimate of drug-likeness (QED) is 0.898. The first kappa shape index (κ1) is 12.6. The summed E-state index contributed by atoms with van der Waals surface area (Å²) in [6, 6.07) is 7.39. The van der Waals surface area contributed by atoms with Gasteiger partial charge in [-0.25, -0.2) is 4.98 Å².